The molecule has 1 aliphatic carbocycles. The van der Waals surface area contributed by atoms with E-state index in [9.17, 15) is 36.0 Å². The number of hydrogen-bond donors (Lipinski definition) is 3. The number of nitrogens with zero attached hydrogens (tertiary/aromatic N) is 3. The summed E-state index contributed by atoms with van der Waals surface area (Å²) in [4.78, 5) is 39.9. The lowest BCUT2D eigenvalue weighted by molar-refractivity contribution is -0.190. The standard InChI is InChI=1S/C30H35Cl2F3N6O6S/c1-17-15-40(8-9-41(17)29(44)30(33,34)35)28-23-10-18(31)11-24(32)22(23)12-25(28)47-20-2-4-21(5-3-20)48(45,46)38-19-6-7-39(16-19)27(43)14-37-26(42)13-36/h2-5,10-11,17,19,25,28,38H,6-9,12-16,36H2,1H3,(H,37,42)/t17-,19+,25+,28+/m1/s1. The number of ether oxygens (including phenoxy) is 1. The molecule has 0 spiro atoms. The second-order valence-electron chi connectivity index (χ2n) is 12.0. The zero-order valence-electron chi connectivity index (χ0n) is 25.8. The van der Waals surface area contributed by atoms with Gasteiger partial charge in [-0.05, 0) is 60.9 Å². The van der Waals surface area contributed by atoms with E-state index >= 15 is 0 Å². The molecule has 2 aromatic carbocycles. The lowest BCUT2D eigenvalue weighted by Crippen LogP contribution is -2.58. The third-order valence-corrected chi connectivity index (χ3v) is 10.8. The minimum Gasteiger partial charge on any atom is -0.488 e. The van der Waals surface area contributed by atoms with Crippen LogP contribution >= 0.6 is 23.2 Å². The fraction of sp³-hybridized carbons (Fsp3) is 0.500. The topological polar surface area (TPSA) is 154 Å². The zero-order chi connectivity index (χ0) is 35.0. The van der Waals surface area contributed by atoms with Crippen molar-refractivity contribution in [2.24, 2.45) is 5.73 Å². The van der Waals surface area contributed by atoms with Crippen LogP contribution in [0.25, 0.3) is 0 Å². The third-order valence-electron chi connectivity index (χ3n) is 8.73. The average Bonchev–Trinajstić information content (AvgIpc) is 3.63. The van der Waals surface area contributed by atoms with Crippen LogP contribution in [-0.2, 0) is 30.8 Å². The summed E-state index contributed by atoms with van der Waals surface area (Å²) in [6, 6.07) is 7.45. The van der Waals surface area contributed by atoms with E-state index in [0.29, 0.717) is 35.2 Å². The van der Waals surface area contributed by atoms with Gasteiger partial charge in [0.1, 0.15) is 11.9 Å². The Morgan fingerprint density at radius 1 is 1.06 bits per heavy atom. The molecule has 0 bridgehead atoms. The number of halogens is 5. The lowest BCUT2D eigenvalue weighted by Gasteiger charge is -2.44. The van der Waals surface area contributed by atoms with Crippen molar-refractivity contribution in [3.63, 3.8) is 0 Å². The van der Waals surface area contributed by atoms with Gasteiger partial charge in [-0.25, -0.2) is 13.1 Å². The molecule has 2 heterocycles. The molecule has 0 unspecified atom stereocenters. The van der Waals surface area contributed by atoms with Crippen molar-refractivity contribution >= 4 is 50.9 Å². The largest absolute Gasteiger partial charge is 0.488 e. The number of alkyl halides is 3. The number of carbonyl (C=O) groups is 3. The molecule has 5 rings (SSSR count). The van der Waals surface area contributed by atoms with E-state index < -0.39 is 52.2 Å². The number of nitrogens with one attached hydrogen (secondary N) is 2. The summed E-state index contributed by atoms with van der Waals surface area (Å²) < 4.78 is 74.8. The fourth-order valence-electron chi connectivity index (χ4n) is 6.46. The second-order valence-corrected chi connectivity index (χ2v) is 14.6. The predicted molar refractivity (Wildman–Crippen MR) is 170 cm³/mol. The van der Waals surface area contributed by atoms with Gasteiger partial charge in [0.2, 0.25) is 21.8 Å². The molecule has 2 aromatic rings. The van der Waals surface area contributed by atoms with Gasteiger partial charge in [0.15, 0.2) is 0 Å². The van der Waals surface area contributed by atoms with Gasteiger partial charge >= 0.3 is 12.1 Å². The number of sulfonamides is 1. The van der Waals surface area contributed by atoms with Crippen molar-refractivity contribution < 1.29 is 40.7 Å². The van der Waals surface area contributed by atoms with Crippen LogP contribution in [0.3, 0.4) is 0 Å². The first-order valence-corrected chi connectivity index (χ1v) is 17.4. The summed E-state index contributed by atoms with van der Waals surface area (Å²) in [6.45, 7) is 1.71. The minimum absolute atomic E-state index is 0.0183. The minimum atomic E-state index is -4.97. The Bertz CT molecular complexity index is 1670. The van der Waals surface area contributed by atoms with Crippen LogP contribution in [0.15, 0.2) is 41.3 Å². The quantitative estimate of drug-likeness (QED) is 0.354. The van der Waals surface area contributed by atoms with Crippen LogP contribution < -0.4 is 20.5 Å². The number of hydrogen-bond acceptors (Lipinski definition) is 8. The van der Waals surface area contributed by atoms with E-state index in [1.54, 1.807) is 19.1 Å². The van der Waals surface area contributed by atoms with Gasteiger partial charge in [-0.1, -0.05) is 23.2 Å². The maximum Gasteiger partial charge on any atom is 0.471 e. The Balaban J connectivity index is 1.26. The maximum atomic E-state index is 13.2. The van der Waals surface area contributed by atoms with Crippen molar-refractivity contribution in [2.45, 2.75) is 55.1 Å². The first-order valence-electron chi connectivity index (χ1n) is 15.2. The van der Waals surface area contributed by atoms with Gasteiger partial charge in [-0.15, -0.1) is 0 Å². The van der Waals surface area contributed by atoms with E-state index in [1.807, 2.05) is 4.90 Å². The number of nitrogens with two attached hydrogens (primary N) is 1. The highest BCUT2D eigenvalue weighted by molar-refractivity contribution is 7.89. The summed E-state index contributed by atoms with van der Waals surface area (Å²) in [7, 11) is -3.96. The molecule has 2 saturated heterocycles. The lowest BCUT2D eigenvalue weighted by atomic mass is 10.0. The van der Waals surface area contributed by atoms with E-state index in [-0.39, 0.29) is 50.1 Å². The molecule has 3 aliphatic rings. The van der Waals surface area contributed by atoms with Gasteiger partial charge in [-0.2, -0.15) is 13.2 Å². The summed E-state index contributed by atoms with van der Waals surface area (Å²) in [5.74, 6) is -2.34. The van der Waals surface area contributed by atoms with Crippen LogP contribution in [0.4, 0.5) is 13.2 Å². The van der Waals surface area contributed by atoms with Crippen LogP contribution in [0.1, 0.15) is 30.5 Å². The SMILES string of the molecule is C[C@@H]1CN([C@H]2c3cc(Cl)cc(Cl)c3C[C@@H]2Oc2ccc(S(=O)(=O)N[C@H]3CCN(C(=O)CNC(=O)CN)C3)cc2)CCN1C(=O)C(F)(F)F. The monoisotopic (exact) mass is 734 g/mol. The van der Waals surface area contributed by atoms with Crippen molar-refractivity contribution in [3.8, 4) is 5.75 Å². The molecule has 0 aromatic heterocycles. The van der Waals surface area contributed by atoms with E-state index in [1.165, 1.54) is 29.2 Å². The Morgan fingerprint density at radius 2 is 1.77 bits per heavy atom. The molecular weight excluding hydrogens is 700 g/mol. The molecule has 12 nitrogen and oxygen atoms in total. The highest BCUT2D eigenvalue weighted by Gasteiger charge is 2.47. The Kier molecular flexibility index (Phi) is 10.8. The van der Waals surface area contributed by atoms with Gasteiger partial charge < -0.3 is 25.6 Å². The first kappa shape index (κ1) is 36.1. The second kappa shape index (κ2) is 14.4. The molecule has 3 amide bonds. The van der Waals surface area contributed by atoms with E-state index in [4.69, 9.17) is 33.7 Å². The Morgan fingerprint density at radius 3 is 2.42 bits per heavy atom. The van der Waals surface area contributed by atoms with Crippen LogP contribution in [-0.4, -0.2) is 111 Å². The number of rotatable bonds is 9. The molecule has 0 saturated carbocycles. The molecule has 262 valence electrons. The van der Waals surface area contributed by atoms with Crippen LogP contribution in [0.5, 0.6) is 5.75 Å². The molecule has 18 heteroatoms. The van der Waals surface area contributed by atoms with Crippen molar-refractivity contribution in [3.05, 3.63) is 57.6 Å². The molecule has 48 heavy (non-hydrogen) atoms. The normalized spacial score (nSPS) is 23.2. The Hall–Kier alpha value is -3.15. The van der Waals surface area contributed by atoms with E-state index in [2.05, 4.69) is 10.0 Å². The summed E-state index contributed by atoms with van der Waals surface area (Å²) >= 11 is 12.9. The van der Waals surface area contributed by atoms with Crippen molar-refractivity contribution in [1.82, 2.24) is 24.7 Å². The van der Waals surface area contributed by atoms with Crippen LogP contribution in [0.2, 0.25) is 10.0 Å². The molecular formula is C30H35Cl2F3N6O6S. The number of likely N-dealkylation sites (tertiary alicyclic amines) is 1. The third kappa shape index (κ3) is 8.00. The smallest absolute Gasteiger partial charge is 0.471 e. The summed E-state index contributed by atoms with van der Waals surface area (Å²) in [6.07, 6.45) is -4.77. The van der Waals surface area contributed by atoms with Gasteiger partial charge in [0.25, 0.3) is 0 Å². The van der Waals surface area contributed by atoms with Crippen molar-refractivity contribution in [2.75, 3.05) is 45.8 Å². The number of piperazine rings is 1. The fourth-order valence-corrected chi connectivity index (χ4v) is 8.31. The summed E-state index contributed by atoms with van der Waals surface area (Å²) in [5.41, 5.74) is 6.79. The molecule has 4 N–H and O–H groups in total. The summed E-state index contributed by atoms with van der Waals surface area (Å²) in [5, 5.41) is 3.21. The van der Waals surface area contributed by atoms with Gasteiger partial charge in [0, 0.05) is 61.3 Å². The maximum absolute atomic E-state index is 13.2. The average molecular weight is 736 g/mol. The molecule has 4 atom stereocenters. The zero-order valence-corrected chi connectivity index (χ0v) is 28.1. The van der Waals surface area contributed by atoms with Gasteiger partial charge in [-0.3, -0.25) is 19.3 Å². The molecule has 0 radical (unpaired) electrons. The highest BCUT2D eigenvalue weighted by Crippen LogP contribution is 2.43. The van der Waals surface area contributed by atoms with Crippen molar-refractivity contribution in [1.29, 1.82) is 0 Å². The number of fused-ring (bicyclic) bond motifs is 1. The molecule has 2 fully saturated rings. The van der Waals surface area contributed by atoms with Crippen LogP contribution in [0, 0.1) is 0 Å². The first-order chi connectivity index (χ1) is 22.6. The molecule has 2 aliphatic heterocycles. The number of amides is 3. The van der Waals surface area contributed by atoms with Gasteiger partial charge in [0.05, 0.1) is 24.0 Å². The van der Waals surface area contributed by atoms with E-state index in [0.717, 1.165) is 16.0 Å². The Labute approximate surface area is 285 Å². The number of carbonyl (C=O) groups excluding carboxylic acids is 3. The predicted octanol–water partition coefficient (Wildman–Crippen LogP) is 2.09. The highest BCUT2D eigenvalue weighted by atomic mass is 35.5. The number of benzene rings is 2.